The van der Waals surface area contributed by atoms with Crippen molar-refractivity contribution < 1.29 is 48.0 Å². The van der Waals surface area contributed by atoms with Gasteiger partial charge in [-0.25, -0.2) is 0 Å². The SMILES string of the molecule is C=C[Si](C)(C)C1C=CC=[C]1[Zr+2][C]1=CC=CC1.[Cl-].[Cl-]. The molecule has 1 atom stereocenters. The van der Waals surface area contributed by atoms with E-state index in [2.05, 4.69) is 61.8 Å². The quantitative estimate of drug-likeness (QED) is 0.507. The van der Waals surface area contributed by atoms with Crippen molar-refractivity contribution in [1.82, 2.24) is 0 Å². The van der Waals surface area contributed by atoms with Crippen LogP contribution in [-0.4, -0.2) is 8.07 Å². The van der Waals surface area contributed by atoms with Gasteiger partial charge in [-0.05, 0) is 0 Å². The molecule has 0 aromatic carbocycles. The summed E-state index contributed by atoms with van der Waals surface area (Å²) in [4.78, 5) is 0. The van der Waals surface area contributed by atoms with Crippen molar-refractivity contribution in [3.63, 3.8) is 0 Å². The van der Waals surface area contributed by atoms with E-state index < -0.39 is 31.3 Å². The molecule has 0 fully saturated rings. The van der Waals surface area contributed by atoms with Crippen LogP contribution in [0.25, 0.3) is 0 Å². The zero-order valence-corrected chi connectivity index (χ0v) is 15.8. The van der Waals surface area contributed by atoms with Gasteiger partial charge in [0.1, 0.15) is 0 Å². The van der Waals surface area contributed by atoms with Gasteiger partial charge in [0.25, 0.3) is 0 Å². The molecular weight excluding hydrogens is 358 g/mol. The number of rotatable bonds is 4. The van der Waals surface area contributed by atoms with Crippen LogP contribution in [0.4, 0.5) is 0 Å². The predicted octanol–water partition coefficient (Wildman–Crippen LogP) is -1.82. The van der Waals surface area contributed by atoms with E-state index in [1.54, 1.807) is 6.56 Å². The maximum atomic E-state index is 4.04. The minimum atomic E-state index is -1.28. The van der Waals surface area contributed by atoms with Crippen LogP contribution in [0.1, 0.15) is 6.42 Å². The van der Waals surface area contributed by atoms with Gasteiger partial charge in [-0.1, -0.05) is 0 Å². The maximum absolute atomic E-state index is 4.04. The fraction of sp³-hybridized carbons (Fsp3) is 0.286. The molecule has 0 nitrogen and oxygen atoms in total. The summed E-state index contributed by atoms with van der Waals surface area (Å²) in [6, 6.07) is 0. The third kappa shape index (κ3) is 4.20. The molecule has 18 heavy (non-hydrogen) atoms. The number of allylic oxidation sites excluding steroid dienone is 8. The van der Waals surface area contributed by atoms with Crippen molar-refractivity contribution in [3.05, 3.63) is 55.3 Å². The first kappa shape index (κ1) is 18.4. The average molecular weight is 377 g/mol. The van der Waals surface area contributed by atoms with Gasteiger partial charge in [0.2, 0.25) is 0 Å². The van der Waals surface area contributed by atoms with Gasteiger partial charge < -0.3 is 24.8 Å². The van der Waals surface area contributed by atoms with Gasteiger partial charge in [0, 0.05) is 0 Å². The molecule has 96 valence electrons. The summed E-state index contributed by atoms with van der Waals surface area (Å²) in [6.45, 7) is 8.89. The fourth-order valence-corrected chi connectivity index (χ4v) is 9.98. The number of hydrogen-bond acceptors (Lipinski definition) is 0. The summed E-state index contributed by atoms with van der Waals surface area (Å²) in [5.41, 5.74) is 2.97. The van der Waals surface area contributed by atoms with E-state index in [1.807, 2.05) is 0 Å². The Kier molecular flexibility index (Phi) is 8.01. The Balaban J connectivity index is 0.00000144. The molecule has 0 saturated heterocycles. The van der Waals surface area contributed by atoms with Crippen molar-refractivity contribution >= 4 is 8.07 Å². The monoisotopic (exact) mass is 374 g/mol. The van der Waals surface area contributed by atoms with E-state index >= 15 is 0 Å². The largest absolute Gasteiger partial charge is 1.00 e. The fourth-order valence-electron chi connectivity index (χ4n) is 2.10. The van der Waals surface area contributed by atoms with Crippen LogP contribution >= 0.6 is 0 Å². The zero-order chi connectivity index (χ0) is 11.6. The van der Waals surface area contributed by atoms with Crippen molar-refractivity contribution in [3.8, 4) is 0 Å². The molecule has 1 unspecified atom stereocenters. The first-order chi connectivity index (χ1) is 7.63. The predicted molar refractivity (Wildman–Crippen MR) is 70.5 cm³/mol. The Morgan fingerprint density at radius 3 is 2.56 bits per heavy atom. The third-order valence-electron chi connectivity index (χ3n) is 3.32. The van der Waals surface area contributed by atoms with E-state index in [0.29, 0.717) is 0 Å². The van der Waals surface area contributed by atoms with E-state index in [-0.39, 0.29) is 24.8 Å². The Morgan fingerprint density at radius 1 is 1.28 bits per heavy atom. The number of halogens is 2. The minimum Gasteiger partial charge on any atom is -1.00 e. The molecule has 2 rings (SSSR count). The Hall–Kier alpha value is 0.380. The second-order valence-electron chi connectivity index (χ2n) is 4.96. The van der Waals surface area contributed by atoms with Crippen molar-refractivity contribution in [2.75, 3.05) is 0 Å². The zero-order valence-electron chi connectivity index (χ0n) is 10.8. The summed E-state index contributed by atoms with van der Waals surface area (Å²) in [6.07, 6.45) is 15.1. The second kappa shape index (κ2) is 7.85. The van der Waals surface area contributed by atoms with Crippen LogP contribution in [0.3, 0.4) is 0 Å². The third-order valence-corrected chi connectivity index (χ3v) is 10.8. The van der Waals surface area contributed by atoms with Crippen molar-refractivity contribution in [1.29, 1.82) is 0 Å². The van der Waals surface area contributed by atoms with Crippen molar-refractivity contribution in [2.45, 2.75) is 25.1 Å². The average Bonchev–Trinajstić information content (AvgIpc) is 2.89. The van der Waals surface area contributed by atoms with Gasteiger partial charge in [-0.3, -0.25) is 0 Å². The summed E-state index contributed by atoms with van der Waals surface area (Å²) in [5, 5.41) is 0. The van der Waals surface area contributed by atoms with E-state index in [1.165, 1.54) is 6.42 Å². The molecule has 0 aromatic rings. The van der Waals surface area contributed by atoms with Crippen LogP contribution in [-0.2, 0) is 23.2 Å². The smallest absolute Gasteiger partial charge is 1.00 e. The van der Waals surface area contributed by atoms with Gasteiger partial charge in [0.05, 0.1) is 0 Å². The topological polar surface area (TPSA) is 0 Å². The van der Waals surface area contributed by atoms with Crippen LogP contribution in [0, 0.1) is 0 Å². The maximum Gasteiger partial charge on any atom is -1.00 e. The first-order valence-corrected chi connectivity index (χ1v) is 11.4. The summed E-state index contributed by atoms with van der Waals surface area (Å²) < 4.78 is 3.48. The number of hydrogen-bond donors (Lipinski definition) is 0. The first-order valence-electron chi connectivity index (χ1n) is 5.78. The molecule has 0 heterocycles. The minimum absolute atomic E-state index is 0. The molecule has 0 aromatic heterocycles. The molecule has 0 saturated carbocycles. The molecule has 4 heteroatoms. The molecule has 2 aliphatic carbocycles. The molecule has 2 aliphatic rings. The summed E-state index contributed by atoms with van der Waals surface area (Å²) in [7, 11) is -1.28. The van der Waals surface area contributed by atoms with Gasteiger partial charge >= 0.3 is 112 Å². The summed E-state index contributed by atoms with van der Waals surface area (Å²) >= 11 is -0.487. The van der Waals surface area contributed by atoms with Crippen LogP contribution in [0.5, 0.6) is 0 Å². The van der Waals surface area contributed by atoms with Crippen LogP contribution < -0.4 is 24.8 Å². The van der Waals surface area contributed by atoms with E-state index in [9.17, 15) is 0 Å². The Morgan fingerprint density at radius 2 is 2.00 bits per heavy atom. The van der Waals surface area contributed by atoms with Crippen molar-refractivity contribution in [2.24, 2.45) is 0 Å². The molecule has 0 bridgehead atoms. The molecular formula is C14H18Cl2SiZr. The standard InChI is InChI=1S/C9H13Si.C5H5.2ClH.Zr/c1-4-10(2,3)9-7-5-6-8-9;1-2-4-5-3-1;;;/h4-7,9H,1H2,2-3H3;1-3H,4H2;2*1H;/q;;;;+2/p-2. The van der Waals surface area contributed by atoms with E-state index in [4.69, 9.17) is 0 Å². The van der Waals surface area contributed by atoms with Crippen LogP contribution in [0.15, 0.2) is 55.3 Å². The molecule has 0 aliphatic heterocycles. The van der Waals surface area contributed by atoms with Gasteiger partial charge in [-0.2, -0.15) is 0 Å². The molecule has 0 N–H and O–H groups in total. The van der Waals surface area contributed by atoms with E-state index in [0.717, 1.165) is 5.54 Å². The molecule has 0 amide bonds. The second-order valence-corrected chi connectivity index (χ2v) is 13.2. The van der Waals surface area contributed by atoms with Gasteiger partial charge in [0.15, 0.2) is 0 Å². The molecule has 0 radical (unpaired) electrons. The Bertz CT molecular complexity index is 420. The Labute approximate surface area is 135 Å². The summed E-state index contributed by atoms with van der Waals surface area (Å²) in [5.74, 6) is 0. The van der Waals surface area contributed by atoms with Gasteiger partial charge in [-0.15, -0.1) is 0 Å². The van der Waals surface area contributed by atoms with Crippen LogP contribution in [0.2, 0.25) is 18.6 Å². The molecule has 0 spiro atoms. The normalized spacial score (nSPS) is 20.4.